The number of carbonyl (C=O) groups is 3. The minimum atomic E-state index is -1.38. The van der Waals surface area contributed by atoms with Gasteiger partial charge in [0.05, 0.1) is 0 Å². The van der Waals surface area contributed by atoms with Gasteiger partial charge in [-0.05, 0) is 32.5 Å². The fraction of sp³-hybridized carbons (Fsp3) is 0.550. The van der Waals surface area contributed by atoms with Crippen LogP contribution in [0.15, 0.2) is 30.3 Å². The molecule has 140 valence electrons. The van der Waals surface area contributed by atoms with E-state index >= 15 is 0 Å². The van der Waals surface area contributed by atoms with Gasteiger partial charge < -0.3 is 4.90 Å². The van der Waals surface area contributed by atoms with Gasteiger partial charge in [0.15, 0.2) is 5.41 Å². The van der Waals surface area contributed by atoms with E-state index in [2.05, 4.69) is 0 Å². The summed E-state index contributed by atoms with van der Waals surface area (Å²) in [7, 11) is 5.17. The predicted molar refractivity (Wildman–Crippen MR) is 98.6 cm³/mol. The molecule has 1 saturated heterocycles. The highest BCUT2D eigenvalue weighted by Crippen LogP contribution is 2.37. The largest absolute Gasteiger partial charge is 0.333 e. The van der Waals surface area contributed by atoms with Crippen LogP contribution >= 0.6 is 0 Å². The minimum absolute atomic E-state index is 0.121. The van der Waals surface area contributed by atoms with Crippen LogP contribution in [-0.4, -0.2) is 66.3 Å². The zero-order chi connectivity index (χ0) is 18.9. The van der Waals surface area contributed by atoms with Crippen LogP contribution in [0, 0.1) is 0 Å². The molecule has 1 heterocycles. The number of likely N-dealkylation sites (N-methyl/N-ethyl adjacent to an activating group) is 2. The minimum Gasteiger partial charge on any atom is -0.307 e. The zero-order valence-electron chi connectivity index (χ0n) is 15.8. The van der Waals surface area contributed by atoms with Gasteiger partial charge in [0, 0.05) is 19.6 Å². The van der Waals surface area contributed by atoms with E-state index in [9.17, 15) is 14.4 Å². The van der Waals surface area contributed by atoms with Gasteiger partial charge in [-0.2, -0.15) is 0 Å². The maximum Gasteiger partial charge on any atom is 0.333 e. The van der Waals surface area contributed by atoms with E-state index in [-0.39, 0.29) is 18.5 Å². The number of amides is 4. The first kappa shape index (κ1) is 18.6. The van der Waals surface area contributed by atoms with Gasteiger partial charge in [-0.25, -0.2) is 4.79 Å². The van der Waals surface area contributed by atoms with Crippen LogP contribution < -0.4 is 0 Å². The second kappa shape index (κ2) is 7.19. The normalized spacial score (nSPS) is 25.3. The monoisotopic (exact) mass is 357 g/mol. The first-order valence-corrected chi connectivity index (χ1v) is 9.25. The maximum absolute atomic E-state index is 13.7. The van der Waals surface area contributed by atoms with E-state index in [1.165, 1.54) is 11.9 Å². The van der Waals surface area contributed by atoms with Crippen molar-refractivity contribution in [2.45, 2.75) is 43.6 Å². The van der Waals surface area contributed by atoms with Crippen LogP contribution in [0.4, 0.5) is 4.79 Å². The quantitative estimate of drug-likeness (QED) is 0.776. The third-order valence-corrected chi connectivity index (χ3v) is 5.51. The van der Waals surface area contributed by atoms with Crippen LogP contribution in [0.25, 0.3) is 0 Å². The van der Waals surface area contributed by atoms with Crippen molar-refractivity contribution in [1.29, 1.82) is 0 Å². The first-order chi connectivity index (χ1) is 12.4. The Labute approximate surface area is 154 Å². The summed E-state index contributed by atoms with van der Waals surface area (Å²) < 4.78 is 0. The van der Waals surface area contributed by atoms with E-state index in [0.717, 1.165) is 37.0 Å². The highest BCUT2D eigenvalue weighted by molar-refractivity contribution is 6.23. The molecule has 1 aromatic carbocycles. The molecule has 1 saturated carbocycles. The van der Waals surface area contributed by atoms with E-state index in [1.54, 1.807) is 0 Å². The Hall–Kier alpha value is -2.21. The Kier molecular flexibility index (Phi) is 5.14. The molecule has 4 amide bonds. The molecule has 0 spiro atoms. The van der Waals surface area contributed by atoms with Crippen LogP contribution in [0.5, 0.6) is 0 Å². The van der Waals surface area contributed by atoms with E-state index < -0.39 is 17.4 Å². The molecule has 26 heavy (non-hydrogen) atoms. The Bertz CT molecular complexity index is 698. The van der Waals surface area contributed by atoms with Crippen LogP contribution in [0.2, 0.25) is 0 Å². The molecule has 0 N–H and O–H groups in total. The third-order valence-electron chi connectivity index (χ3n) is 5.51. The summed E-state index contributed by atoms with van der Waals surface area (Å²) in [6, 6.07) is 8.52. The van der Waals surface area contributed by atoms with Crippen LogP contribution in [0.3, 0.4) is 0 Å². The Morgan fingerprint density at radius 2 is 1.62 bits per heavy atom. The number of hydrogen-bond acceptors (Lipinski definition) is 4. The molecule has 0 radical (unpaired) electrons. The number of carbonyl (C=O) groups excluding carboxylic acids is 3. The molecule has 6 heteroatoms. The van der Waals surface area contributed by atoms with Gasteiger partial charge in [-0.1, -0.05) is 49.6 Å². The number of urea groups is 1. The molecule has 1 aliphatic carbocycles. The van der Waals surface area contributed by atoms with E-state index in [1.807, 2.05) is 49.3 Å². The van der Waals surface area contributed by atoms with Gasteiger partial charge in [0.25, 0.3) is 11.8 Å². The summed E-state index contributed by atoms with van der Waals surface area (Å²) in [6.45, 7) is 0.232. The van der Waals surface area contributed by atoms with Crippen LogP contribution in [-0.2, 0) is 15.0 Å². The van der Waals surface area contributed by atoms with Crippen molar-refractivity contribution >= 4 is 17.8 Å². The lowest BCUT2D eigenvalue weighted by atomic mass is 9.75. The molecule has 2 aliphatic rings. The topological polar surface area (TPSA) is 60.9 Å². The third kappa shape index (κ3) is 2.92. The smallest absolute Gasteiger partial charge is 0.307 e. The van der Waals surface area contributed by atoms with Crippen molar-refractivity contribution < 1.29 is 14.4 Å². The SMILES string of the molecule is CN(C)C[C@@]1(c2ccccc2)C(=O)N(C)C(=O)N(C2CCCCC2)C1=O. The van der Waals surface area contributed by atoms with Gasteiger partial charge in [0.2, 0.25) is 0 Å². The highest BCUT2D eigenvalue weighted by Gasteiger charge is 2.58. The molecule has 0 unspecified atom stereocenters. The summed E-state index contributed by atoms with van der Waals surface area (Å²) >= 11 is 0. The summed E-state index contributed by atoms with van der Waals surface area (Å²) in [5.41, 5.74) is -0.742. The second-order valence-electron chi connectivity index (χ2n) is 7.62. The summed E-state index contributed by atoms with van der Waals surface area (Å²) in [4.78, 5) is 44.1. The number of nitrogens with zero attached hydrogens (tertiary/aromatic N) is 3. The highest BCUT2D eigenvalue weighted by atomic mass is 16.2. The Morgan fingerprint density at radius 3 is 2.19 bits per heavy atom. The molecule has 1 atom stereocenters. The molecular weight excluding hydrogens is 330 g/mol. The molecule has 1 aliphatic heterocycles. The lowest BCUT2D eigenvalue weighted by molar-refractivity contribution is -0.154. The fourth-order valence-corrected chi connectivity index (χ4v) is 4.25. The van der Waals surface area contributed by atoms with Gasteiger partial charge in [-0.3, -0.25) is 19.4 Å². The molecule has 0 bridgehead atoms. The summed E-state index contributed by atoms with van der Waals surface area (Å²) in [5, 5.41) is 0. The summed E-state index contributed by atoms with van der Waals surface area (Å²) in [6.07, 6.45) is 4.76. The maximum atomic E-state index is 13.7. The fourth-order valence-electron chi connectivity index (χ4n) is 4.25. The van der Waals surface area contributed by atoms with Crippen molar-refractivity contribution in [1.82, 2.24) is 14.7 Å². The zero-order valence-corrected chi connectivity index (χ0v) is 15.8. The molecule has 0 aromatic heterocycles. The Balaban J connectivity index is 2.12. The Morgan fingerprint density at radius 1 is 1.00 bits per heavy atom. The predicted octanol–water partition coefficient (Wildman–Crippen LogP) is 2.24. The lowest BCUT2D eigenvalue weighted by Gasteiger charge is -2.47. The number of hydrogen-bond donors (Lipinski definition) is 0. The van der Waals surface area contributed by atoms with Gasteiger partial charge in [0.1, 0.15) is 0 Å². The number of rotatable bonds is 4. The van der Waals surface area contributed by atoms with Gasteiger partial charge in [-0.15, -0.1) is 0 Å². The standard InChI is InChI=1S/C20H27N3O3/c1-21(2)14-20(15-10-6-4-7-11-15)17(24)22(3)19(26)23(18(20)25)16-12-8-5-9-13-16/h4,6-7,10-11,16H,5,8-9,12-14H2,1-3H3/t20-/m1/s1. The van der Waals surface area contributed by atoms with Crippen molar-refractivity contribution in [3.05, 3.63) is 35.9 Å². The van der Waals surface area contributed by atoms with E-state index in [0.29, 0.717) is 5.56 Å². The van der Waals surface area contributed by atoms with Crippen molar-refractivity contribution in [2.75, 3.05) is 27.7 Å². The second-order valence-corrected chi connectivity index (χ2v) is 7.62. The molecular formula is C20H27N3O3. The van der Waals surface area contributed by atoms with Crippen molar-refractivity contribution in [3.63, 3.8) is 0 Å². The summed E-state index contributed by atoms with van der Waals surface area (Å²) in [5.74, 6) is -0.822. The number of barbiturate groups is 1. The molecule has 2 fully saturated rings. The average molecular weight is 357 g/mol. The van der Waals surface area contributed by atoms with Crippen LogP contribution in [0.1, 0.15) is 37.7 Å². The molecule has 1 aromatic rings. The molecule has 3 rings (SSSR count). The average Bonchev–Trinajstić information content (AvgIpc) is 2.65. The van der Waals surface area contributed by atoms with Gasteiger partial charge >= 0.3 is 6.03 Å². The van der Waals surface area contributed by atoms with E-state index in [4.69, 9.17) is 0 Å². The number of imide groups is 2. The van der Waals surface area contributed by atoms with Crippen molar-refractivity contribution in [2.24, 2.45) is 0 Å². The first-order valence-electron chi connectivity index (χ1n) is 9.25. The number of benzene rings is 1. The van der Waals surface area contributed by atoms with Crippen molar-refractivity contribution in [3.8, 4) is 0 Å². The lowest BCUT2D eigenvalue weighted by Crippen LogP contribution is -2.70. The molecule has 6 nitrogen and oxygen atoms in total.